The van der Waals surface area contributed by atoms with Gasteiger partial charge in [-0.05, 0) is 49.4 Å². The number of carbonyl (C=O) groups is 4. The molecule has 96 heavy (non-hydrogen) atoms. The highest BCUT2D eigenvalue weighted by molar-refractivity contribution is 7.47. The first-order valence-electron chi connectivity index (χ1n) is 39.9. The van der Waals surface area contributed by atoms with E-state index in [1.807, 2.05) is 0 Å². The largest absolute Gasteiger partial charge is 0.472 e. The van der Waals surface area contributed by atoms with Crippen LogP contribution in [0.5, 0.6) is 0 Å². The Balaban J connectivity index is 5.14. The summed E-state index contributed by atoms with van der Waals surface area (Å²) in [6, 6.07) is 0. The monoisotopic (exact) mass is 1410 g/mol. The number of esters is 4. The van der Waals surface area contributed by atoms with Gasteiger partial charge in [-0.2, -0.15) is 0 Å². The van der Waals surface area contributed by atoms with Gasteiger partial charge in [-0.25, -0.2) is 9.13 Å². The van der Waals surface area contributed by atoms with E-state index in [0.717, 1.165) is 120 Å². The lowest BCUT2D eigenvalue weighted by atomic mass is 9.99. The molecule has 3 N–H and O–H groups in total. The van der Waals surface area contributed by atoms with Gasteiger partial charge in [-0.15, -0.1) is 0 Å². The fourth-order valence-electron chi connectivity index (χ4n) is 11.6. The quantitative estimate of drug-likeness (QED) is 0.0222. The molecule has 0 fully saturated rings. The van der Waals surface area contributed by atoms with Crippen molar-refractivity contribution in [3.05, 3.63) is 0 Å². The van der Waals surface area contributed by atoms with Crippen molar-refractivity contribution in [2.24, 2.45) is 23.7 Å². The van der Waals surface area contributed by atoms with E-state index in [1.165, 1.54) is 186 Å². The number of carbonyl (C=O) groups excluding carboxylic acids is 4. The lowest BCUT2D eigenvalue weighted by molar-refractivity contribution is -0.161. The lowest BCUT2D eigenvalue weighted by Gasteiger charge is -2.21. The van der Waals surface area contributed by atoms with Crippen molar-refractivity contribution in [3.63, 3.8) is 0 Å². The summed E-state index contributed by atoms with van der Waals surface area (Å²) in [7, 11) is -9.91. The Bertz CT molecular complexity index is 1890. The van der Waals surface area contributed by atoms with Gasteiger partial charge in [0.05, 0.1) is 26.4 Å². The molecule has 0 aliphatic heterocycles. The zero-order chi connectivity index (χ0) is 71.0. The molecular weight excluding hydrogens is 1260 g/mol. The Hall–Kier alpha value is -1.94. The molecule has 6 unspecified atom stereocenters. The molecule has 0 aromatic rings. The van der Waals surface area contributed by atoms with E-state index in [1.54, 1.807) is 0 Å². The van der Waals surface area contributed by atoms with Gasteiger partial charge in [0.15, 0.2) is 12.2 Å². The summed E-state index contributed by atoms with van der Waals surface area (Å²) in [6.07, 6.45) is 51.5. The summed E-state index contributed by atoms with van der Waals surface area (Å²) < 4.78 is 68.5. The summed E-state index contributed by atoms with van der Waals surface area (Å²) in [6.45, 7) is 14.2. The Kier molecular flexibility index (Phi) is 65.0. The molecule has 9 atom stereocenters. The number of ether oxygens (including phenoxy) is 4. The summed E-state index contributed by atoms with van der Waals surface area (Å²) in [5.41, 5.74) is 0. The van der Waals surface area contributed by atoms with Gasteiger partial charge in [0.1, 0.15) is 19.3 Å². The third-order valence-corrected chi connectivity index (χ3v) is 21.2. The first-order valence-corrected chi connectivity index (χ1v) is 42.8. The number of phosphoric ester groups is 2. The van der Waals surface area contributed by atoms with E-state index in [-0.39, 0.29) is 25.7 Å². The predicted molar refractivity (Wildman–Crippen MR) is 391 cm³/mol. The molecule has 0 saturated carbocycles. The molecule has 0 aromatic carbocycles. The molecule has 19 heteroatoms. The normalized spacial score (nSPS) is 15.2. The number of phosphoric acid groups is 2. The van der Waals surface area contributed by atoms with Gasteiger partial charge in [0, 0.05) is 25.7 Å². The van der Waals surface area contributed by atoms with Crippen LogP contribution in [0.3, 0.4) is 0 Å². The molecule has 0 bridgehead atoms. The minimum atomic E-state index is -4.96. The van der Waals surface area contributed by atoms with E-state index in [9.17, 15) is 43.2 Å². The van der Waals surface area contributed by atoms with Crippen molar-refractivity contribution in [3.8, 4) is 0 Å². The third-order valence-electron chi connectivity index (χ3n) is 19.3. The molecule has 0 amide bonds. The van der Waals surface area contributed by atoms with Crippen LogP contribution in [0.15, 0.2) is 0 Å². The smallest absolute Gasteiger partial charge is 0.462 e. The highest BCUT2D eigenvalue weighted by Crippen LogP contribution is 2.45. The molecule has 0 saturated heterocycles. The van der Waals surface area contributed by atoms with Crippen molar-refractivity contribution in [2.75, 3.05) is 39.6 Å². The summed E-state index contributed by atoms with van der Waals surface area (Å²) >= 11 is 0. The third kappa shape index (κ3) is 65.4. The van der Waals surface area contributed by atoms with Crippen LogP contribution in [-0.2, 0) is 65.4 Å². The number of aliphatic hydroxyl groups is 1. The predicted octanol–water partition coefficient (Wildman–Crippen LogP) is 22.4. The zero-order valence-corrected chi connectivity index (χ0v) is 64.8. The maximum atomic E-state index is 13.1. The van der Waals surface area contributed by atoms with Crippen LogP contribution < -0.4 is 0 Å². The Morgan fingerprint density at radius 1 is 0.281 bits per heavy atom. The first-order chi connectivity index (χ1) is 46.2. The van der Waals surface area contributed by atoms with E-state index in [2.05, 4.69) is 55.4 Å². The fourth-order valence-corrected chi connectivity index (χ4v) is 13.2. The molecular formula is C77H150O17P2. The van der Waals surface area contributed by atoms with Crippen molar-refractivity contribution in [1.82, 2.24) is 0 Å². The van der Waals surface area contributed by atoms with Gasteiger partial charge < -0.3 is 33.8 Å². The molecule has 0 aromatic heterocycles. The van der Waals surface area contributed by atoms with Gasteiger partial charge in [0.25, 0.3) is 0 Å². The van der Waals surface area contributed by atoms with Gasteiger partial charge >= 0.3 is 39.5 Å². The van der Waals surface area contributed by atoms with Gasteiger partial charge in [-0.1, -0.05) is 338 Å². The first kappa shape index (κ1) is 94.1. The maximum Gasteiger partial charge on any atom is 0.472 e. The average molecular weight is 1410 g/mol. The Labute approximate surface area is 588 Å². The Morgan fingerprint density at radius 2 is 0.469 bits per heavy atom. The topological polar surface area (TPSA) is 237 Å². The molecule has 0 heterocycles. The van der Waals surface area contributed by atoms with Crippen LogP contribution in [0.25, 0.3) is 0 Å². The number of rotatable bonds is 74. The van der Waals surface area contributed by atoms with E-state index >= 15 is 0 Å². The van der Waals surface area contributed by atoms with Crippen LogP contribution in [0.2, 0.25) is 0 Å². The molecule has 0 aliphatic rings. The van der Waals surface area contributed by atoms with Crippen molar-refractivity contribution >= 4 is 39.5 Å². The number of aliphatic hydroxyl groups excluding tert-OH is 1. The fraction of sp³-hybridized carbons (Fsp3) is 0.948. The van der Waals surface area contributed by atoms with E-state index in [4.69, 9.17) is 37.0 Å². The summed E-state index contributed by atoms with van der Waals surface area (Å²) in [4.78, 5) is 72.8. The number of hydrogen-bond acceptors (Lipinski definition) is 15. The SMILES string of the molecule is CCC(C)CCCCCCCCCCCCCCCCCCCCC(=O)OC[C@H](COP(=O)(O)OC[C@@H](O)COP(=O)(O)OC[C@@H](COC(=O)CCCCCCCCC(C)CC)OC(=O)CCCCCCCCCCCCC(C)CC)OC(=O)CCCCCCCCC(C)CC. The van der Waals surface area contributed by atoms with Crippen LogP contribution in [-0.4, -0.2) is 96.7 Å². The van der Waals surface area contributed by atoms with Gasteiger partial charge in [-0.3, -0.25) is 37.3 Å². The van der Waals surface area contributed by atoms with Gasteiger partial charge in [0.2, 0.25) is 0 Å². The second kappa shape index (κ2) is 66.3. The molecule has 0 aliphatic carbocycles. The lowest BCUT2D eigenvalue weighted by Crippen LogP contribution is -2.30. The second-order valence-electron chi connectivity index (χ2n) is 28.7. The summed E-state index contributed by atoms with van der Waals surface area (Å²) in [5.74, 6) is 1.00. The van der Waals surface area contributed by atoms with Crippen LogP contribution >= 0.6 is 15.6 Å². The average Bonchev–Trinajstić information content (AvgIpc) is 1.21. The minimum absolute atomic E-state index is 0.103. The second-order valence-corrected chi connectivity index (χ2v) is 31.6. The number of unbranched alkanes of at least 4 members (excludes halogenated alkanes) is 36. The van der Waals surface area contributed by atoms with E-state index in [0.29, 0.717) is 25.7 Å². The van der Waals surface area contributed by atoms with Crippen LogP contribution in [0, 0.1) is 23.7 Å². The molecule has 0 radical (unpaired) electrons. The minimum Gasteiger partial charge on any atom is -0.462 e. The van der Waals surface area contributed by atoms with E-state index < -0.39 is 97.5 Å². The Morgan fingerprint density at radius 3 is 0.688 bits per heavy atom. The number of hydrogen-bond donors (Lipinski definition) is 3. The van der Waals surface area contributed by atoms with Crippen molar-refractivity contribution in [1.29, 1.82) is 0 Å². The summed E-state index contributed by atoms with van der Waals surface area (Å²) in [5, 5.41) is 10.6. The van der Waals surface area contributed by atoms with Crippen LogP contribution in [0.4, 0.5) is 0 Å². The highest BCUT2D eigenvalue weighted by Gasteiger charge is 2.30. The maximum absolute atomic E-state index is 13.1. The molecule has 17 nitrogen and oxygen atoms in total. The highest BCUT2D eigenvalue weighted by atomic mass is 31.2. The molecule has 0 spiro atoms. The van der Waals surface area contributed by atoms with Crippen molar-refractivity contribution in [2.45, 2.75) is 408 Å². The molecule has 0 rings (SSSR count). The zero-order valence-electron chi connectivity index (χ0n) is 63.0. The van der Waals surface area contributed by atoms with Crippen molar-refractivity contribution < 1.29 is 80.2 Å². The molecule has 570 valence electrons. The standard InChI is InChI=1S/C77H150O17P2/c1-9-67(5)53-45-37-29-25-21-19-17-15-13-14-16-18-20-22-27-31-41-49-57-74(79)87-63-73(94-77(82)60-52-44-36-34-40-48-56-70(8)12-4)66-92-96(85,86)90-62-71(78)61-89-95(83,84)91-65-72(64-88-75(80)58-50-42-35-33-39-47-55-69(7)11-3)93-76(81)59-51-43-32-28-24-23-26-30-38-46-54-68(6)10-2/h67-73,78H,9-66H2,1-8H3,(H,83,84)(H,85,86)/t67?,68?,69?,70?,71-,72+,73+/m0/s1. The van der Waals surface area contributed by atoms with Crippen LogP contribution in [0.1, 0.15) is 389 Å².